The quantitative estimate of drug-likeness (QED) is 0.655. The van der Waals surface area contributed by atoms with Crippen LogP contribution in [0.2, 0.25) is 5.02 Å². The van der Waals surface area contributed by atoms with E-state index in [1.165, 1.54) is 18.2 Å². The van der Waals surface area contributed by atoms with E-state index in [1.807, 2.05) is 37.3 Å². The van der Waals surface area contributed by atoms with Crippen LogP contribution in [0.25, 0.3) is 0 Å². The van der Waals surface area contributed by atoms with Crippen molar-refractivity contribution in [3.05, 3.63) is 70.0 Å². The first-order valence-electron chi connectivity index (χ1n) is 7.44. The molecule has 2 aromatic carbocycles. The van der Waals surface area contributed by atoms with Crippen LogP contribution in [0.15, 0.2) is 47.5 Å². The van der Waals surface area contributed by atoms with E-state index in [0.29, 0.717) is 22.1 Å². The standard InChI is InChI=1S/C18H18ClFN4/c1-12(14-4-6-16(19)7-5-14)24-18(22-2)23-11-15-9-13(10-21)3-8-17(15)20/h3-9,12H,11H2,1-2H3,(H2,22,23,24). The Hall–Kier alpha value is -2.58. The molecule has 0 radical (unpaired) electrons. The number of guanidine groups is 1. The first-order chi connectivity index (χ1) is 11.5. The van der Waals surface area contributed by atoms with Gasteiger partial charge in [-0.25, -0.2) is 4.39 Å². The maximum atomic E-state index is 13.8. The molecule has 2 N–H and O–H groups in total. The molecule has 2 rings (SSSR count). The Labute approximate surface area is 146 Å². The molecule has 0 spiro atoms. The van der Waals surface area contributed by atoms with E-state index in [1.54, 1.807) is 7.05 Å². The van der Waals surface area contributed by atoms with Crippen LogP contribution in [-0.2, 0) is 6.54 Å². The van der Waals surface area contributed by atoms with Crippen LogP contribution in [0.1, 0.15) is 29.7 Å². The van der Waals surface area contributed by atoms with Crippen LogP contribution in [0.3, 0.4) is 0 Å². The summed E-state index contributed by atoms with van der Waals surface area (Å²) in [5, 5.41) is 15.9. The third kappa shape index (κ3) is 4.71. The van der Waals surface area contributed by atoms with Crippen LogP contribution in [0, 0.1) is 17.1 Å². The van der Waals surface area contributed by atoms with Crippen LogP contribution < -0.4 is 10.6 Å². The fourth-order valence-electron chi connectivity index (χ4n) is 2.19. The predicted molar refractivity (Wildman–Crippen MR) is 94.3 cm³/mol. The second kappa shape index (κ2) is 8.32. The number of rotatable bonds is 4. The lowest BCUT2D eigenvalue weighted by molar-refractivity contribution is 0.602. The van der Waals surface area contributed by atoms with Gasteiger partial charge in [0.15, 0.2) is 5.96 Å². The fourth-order valence-corrected chi connectivity index (χ4v) is 2.32. The zero-order chi connectivity index (χ0) is 17.5. The highest BCUT2D eigenvalue weighted by Gasteiger charge is 2.09. The fraction of sp³-hybridized carbons (Fsp3) is 0.222. The molecule has 24 heavy (non-hydrogen) atoms. The van der Waals surface area contributed by atoms with Gasteiger partial charge in [-0.15, -0.1) is 0 Å². The van der Waals surface area contributed by atoms with Gasteiger partial charge in [0.25, 0.3) is 0 Å². The average molecular weight is 345 g/mol. The molecule has 0 fully saturated rings. The minimum absolute atomic E-state index is 0.00348. The average Bonchev–Trinajstić information content (AvgIpc) is 2.60. The number of nitriles is 1. The molecule has 1 atom stereocenters. The van der Waals surface area contributed by atoms with Gasteiger partial charge in [0.1, 0.15) is 5.82 Å². The van der Waals surface area contributed by atoms with E-state index < -0.39 is 0 Å². The summed E-state index contributed by atoms with van der Waals surface area (Å²) in [6.45, 7) is 2.22. The van der Waals surface area contributed by atoms with Crippen molar-refractivity contribution in [3.8, 4) is 6.07 Å². The third-order valence-electron chi connectivity index (χ3n) is 3.57. The highest BCUT2D eigenvalue weighted by atomic mass is 35.5. The zero-order valence-corrected chi connectivity index (χ0v) is 14.2. The molecule has 124 valence electrons. The number of hydrogen-bond acceptors (Lipinski definition) is 2. The van der Waals surface area contributed by atoms with Gasteiger partial charge in [0, 0.05) is 24.2 Å². The molecule has 0 aliphatic heterocycles. The zero-order valence-electron chi connectivity index (χ0n) is 13.5. The number of nitrogens with zero attached hydrogens (tertiary/aromatic N) is 2. The van der Waals surface area contributed by atoms with Crippen molar-refractivity contribution in [2.45, 2.75) is 19.5 Å². The van der Waals surface area contributed by atoms with E-state index in [0.717, 1.165) is 5.56 Å². The van der Waals surface area contributed by atoms with Crippen LogP contribution in [0.4, 0.5) is 4.39 Å². The molecule has 2 aromatic rings. The van der Waals surface area contributed by atoms with Gasteiger partial charge >= 0.3 is 0 Å². The molecular weight excluding hydrogens is 327 g/mol. The van der Waals surface area contributed by atoms with Crippen molar-refractivity contribution in [1.29, 1.82) is 5.26 Å². The van der Waals surface area contributed by atoms with Gasteiger partial charge in [-0.1, -0.05) is 23.7 Å². The Morgan fingerprint density at radius 1 is 1.29 bits per heavy atom. The van der Waals surface area contributed by atoms with Gasteiger partial charge in [-0.2, -0.15) is 5.26 Å². The molecule has 0 aliphatic rings. The Morgan fingerprint density at radius 2 is 2.00 bits per heavy atom. The lowest BCUT2D eigenvalue weighted by Gasteiger charge is -2.18. The van der Waals surface area contributed by atoms with Crippen molar-refractivity contribution in [2.24, 2.45) is 4.99 Å². The number of aliphatic imine (C=N–C) groups is 1. The maximum Gasteiger partial charge on any atom is 0.191 e. The molecule has 0 bridgehead atoms. The van der Waals surface area contributed by atoms with Gasteiger partial charge in [0.05, 0.1) is 17.7 Å². The van der Waals surface area contributed by atoms with Crippen molar-refractivity contribution in [1.82, 2.24) is 10.6 Å². The Morgan fingerprint density at radius 3 is 2.62 bits per heavy atom. The van der Waals surface area contributed by atoms with E-state index in [-0.39, 0.29) is 18.4 Å². The molecule has 1 unspecified atom stereocenters. The number of hydrogen-bond donors (Lipinski definition) is 2. The van der Waals surface area contributed by atoms with Crippen molar-refractivity contribution >= 4 is 17.6 Å². The molecule has 0 saturated heterocycles. The highest BCUT2D eigenvalue weighted by Crippen LogP contribution is 2.16. The molecule has 0 saturated carbocycles. The maximum absolute atomic E-state index is 13.8. The number of benzene rings is 2. The van der Waals surface area contributed by atoms with Crippen molar-refractivity contribution < 1.29 is 4.39 Å². The van der Waals surface area contributed by atoms with Crippen molar-refractivity contribution in [3.63, 3.8) is 0 Å². The minimum Gasteiger partial charge on any atom is -0.352 e. The molecular formula is C18H18ClFN4. The molecule has 0 heterocycles. The summed E-state index contributed by atoms with van der Waals surface area (Å²) in [6.07, 6.45) is 0. The second-order valence-corrected chi connectivity index (χ2v) is 5.70. The normalized spacial score (nSPS) is 12.4. The Balaban J connectivity index is 2.00. The predicted octanol–water partition coefficient (Wildman–Crippen LogP) is 3.78. The Kier molecular flexibility index (Phi) is 6.16. The van der Waals surface area contributed by atoms with Crippen LogP contribution in [0.5, 0.6) is 0 Å². The summed E-state index contributed by atoms with van der Waals surface area (Å²) in [5.74, 6) is 0.182. The smallest absolute Gasteiger partial charge is 0.191 e. The molecule has 0 aliphatic carbocycles. The summed E-state index contributed by atoms with van der Waals surface area (Å²) >= 11 is 5.89. The third-order valence-corrected chi connectivity index (χ3v) is 3.82. The van der Waals surface area contributed by atoms with E-state index in [2.05, 4.69) is 15.6 Å². The van der Waals surface area contributed by atoms with Gasteiger partial charge in [0.2, 0.25) is 0 Å². The van der Waals surface area contributed by atoms with Crippen LogP contribution in [-0.4, -0.2) is 13.0 Å². The Bertz CT molecular complexity index is 766. The lowest BCUT2D eigenvalue weighted by atomic mass is 10.1. The van der Waals surface area contributed by atoms with Gasteiger partial charge < -0.3 is 10.6 Å². The molecule has 0 aromatic heterocycles. The topological polar surface area (TPSA) is 60.2 Å². The van der Waals surface area contributed by atoms with E-state index in [4.69, 9.17) is 16.9 Å². The molecule has 0 amide bonds. The summed E-state index contributed by atoms with van der Waals surface area (Å²) < 4.78 is 13.8. The first kappa shape index (κ1) is 17.8. The first-order valence-corrected chi connectivity index (χ1v) is 7.82. The van der Waals surface area contributed by atoms with Gasteiger partial charge in [-0.05, 0) is 42.8 Å². The van der Waals surface area contributed by atoms with Crippen LogP contribution >= 0.6 is 11.6 Å². The number of nitrogens with one attached hydrogen (secondary N) is 2. The number of halogens is 2. The molecule has 6 heteroatoms. The van der Waals surface area contributed by atoms with Crippen molar-refractivity contribution in [2.75, 3.05) is 7.05 Å². The highest BCUT2D eigenvalue weighted by molar-refractivity contribution is 6.30. The summed E-state index contributed by atoms with van der Waals surface area (Å²) in [7, 11) is 1.64. The lowest BCUT2D eigenvalue weighted by Crippen LogP contribution is -2.38. The van der Waals surface area contributed by atoms with E-state index in [9.17, 15) is 4.39 Å². The largest absolute Gasteiger partial charge is 0.352 e. The SMILES string of the molecule is CN=C(NCc1cc(C#N)ccc1F)NC(C)c1ccc(Cl)cc1. The summed E-state index contributed by atoms with van der Waals surface area (Å²) in [4.78, 5) is 4.14. The van der Waals surface area contributed by atoms with Gasteiger partial charge in [-0.3, -0.25) is 4.99 Å². The van der Waals surface area contributed by atoms with E-state index >= 15 is 0 Å². The monoisotopic (exact) mass is 344 g/mol. The second-order valence-electron chi connectivity index (χ2n) is 5.26. The summed E-state index contributed by atoms with van der Waals surface area (Å²) in [6, 6.07) is 13.8. The molecule has 4 nitrogen and oxygen atoms in total. The summed E-state index contributed by atoms with van der Waals surface area (Å²) in [5.41, 5.74) is 1.89. The minimum atomic E-state index is -0.359.